The molecule has 6 heteroatoms. The number of benzene rings is 2. The molecule has 0 aromatic heterocycles. The summed E-state index contributed by atoms with van der Waals surface area (Å²) >= 11 is 0. The second-order valence-corrected chi connectivity index (χ2v) is 8.92. The lowest BCUT2D eigenvalue weighted by Crippen LogP contribution is -2.31. The van der Waals surface area contributed by atoms with Gasteiger partial charge >= 0.3 is 0 Å². The molecule has 2 aliphatic carbocycles. The lowest BCUT2D eigenvalue weighted by molar-refractivity contribution is 0.0937. The summed E-state index contributed by atoms with van der Waals surface area (Å²) < 4.78 is 6.00. The molecule has 5 rings (SSSR count). The quantitative estimate of drug-likeness (QED) is 0.727. The Labute approximate surface area is 175 Å². The lowest BCUT2D eigenvalue weighted by atomic mass is 9.77. The highest BCUT2D eigenvalue weighted by atomic mass is 16.5. The zero-order chi connectivity index (χ0) is 21.0. The second-order valence-electron chi connectivity index (χ2n) is 8.92. The van der Waals surface area contributed by atoms with Crippen LogP contribution in [0.4, 0.5) is 0 Å². The van der Waals surface area contributed by atoms with Crippen molar-refractivity contribution in [2.45, 2.75) is 37.3 Å². The molecular formula is C24H26N2O4. The Morgan fingerprint density at radius 1 is 1.10 bits per heavy atom. The van der Waals surface area contributed by atoms with Crippen LogP contribution < -0.4 is 15.4 Å². The van der Waals surface area contributed by atoms with Gasteiger partial charge in [0.15, 0.2) is 0 Å². The molecule has 3 aliphatic rings. The second kappa shape index (κ2) is 6.84. The number of fused-ring (bicyclic) bond motifs is 2. The molecule has 2 aromatic carbocycles. The molecule has 2 saturated carbocycles. The molecule has 1 unspecified atom stereocenters. The predicted molar refractivity (Wildman–Crippen MR) is 112 cm³/mol. The van der Waals surface area contributed by atoms with Crippen molar-refractivity contribution in [1.29, 1.82) is 0 Å². The van der Waals surface area contributed by atoms with Gasteiger partial charge in [0, 0.05) is 24.2 Å². The van der Waals surface area contributed by atoms with E-state index in [9.17, 15) is 14.7 Å². The van der Waals surface area contributed by atoms with E-state index in [1.165, 1.54) is 0 Å². The number of amides is 2. The highest BCUT2D eigenvalue weighted by Crippen LogP contribution is 2.52. The first-order valence-electron chi connectivity index (χ1n) is 10.5. The van der Waals surface area contributed by atoms with Crippen LogP contribution in [0.5, 0.6) is 5.75 Å². The van der Waals surface area contributed by atoms with E-state index in [2.05, 4.69) is 17.6 Å². The Balaban J connectivity index is 1.51. The third-order valence-electron chi connectivity index (χ3n) is 7.05. The summed E-state index contributed by atoms with van der Waals surface area (Å²) in [6, 6.07) is 13.6. The fourth-order valence-corrected chi connectivity index (χ4v) is 5.23. The van der Waals surface area contributed by atoms with E-state index >= 15 is 0 Å². The number of nitrogens with one attached hydrogen (secondary N) is 2. The van der Waals surface area contributed by atoms with Crippen LogP contribution in [0.3, 0.4) is 0 Å². The van der Waals surface area contributed by atoms with E-state index < -0.39 is 5.41 Å². The van der Waals surface area contributed by atoms with E-state index in [0.29, 0.717) is 35.3 Å². The van der Waals surface area contributed by atoms with E-state index in [4.69, 9.17) is 4.74 Å². The third kappa shape index (κ3) is 2.89. The highest BCUT2D eigenvalue weighted by molar-refractivity contribution is 6.02. The predicted octanol–water partition coefficient (Wildman–Crippen LogP) is 2.24. The van der Waals surface area contributed by atoms with Crippen LogP contribution in [-0.2, 0) is 5.41 Å². The topological polar surface area (TPSA) is 87.7 Å². The first-order chi connectivity index (χ1) is 14.4. The van der Waals surface area contributed by atoms with Gasteiger partial charge in [-0.05, 0) is 49.3 Å². The maximum Gasteiger partial charge on any atom is 0.254 e. The van der Waals surface area contributed by atoms with Crippen molar-refractivity contribution in [3.63, 3.8) is 0 Å². The third-order valence-corrected chi connectivity index (χ3v) is 7.05. The summed E-state index contributed by atoms with van der Waals surface area (Å²) in [5.41, 5.74) is 2.33. The van der Waals surface area contributed by atoms with Gasteiger partial charge in [0.25, 0.3) is 11.8 Å². The average molecular weight is 406 g/mol. The molecule has 3 N–H and O–H groups in total. The summed E-state index contributed by atoms with van der Waals surface area (Å²) in [6.45, 7) is 2.49. The van der Waals surface area contributed by atoms with Crippen molar-refractivity contribution in [1.82, 2.24) is 10.6 Å². The molecule has 0 radical (unpaired) electrons. The molecule has 6 nitrogen and oxygen atoms in total. The molecule has 0 spiro atoms. The number of aliphatic hydroxyl groups excluding tert-OH is 1. The molecular weight excluding hydrogens is 380 g/mol. The molecule has 0 bridgehead atoms. The van der Waals surface area contributed by atoms with Gasteiger partial charge < -0.3 is 20.5 Å². The van der Waals surface area contributed by atoms with E-state index in [0.717, 1.165) is 24.0 Å². The zero-order valence-electron chi connectivity index (χ0n) is 17.1. The van der Waals surface area contributed by atoms with Gasteiger partial charge in [-0.2, -0.15) is 0 Å². The van der Waals surface area contributed by atoms with Crippen molar-refractivity contribution in [3.05, 3.63) is 64.7 Å². The number of hydrogen-bond acceptors (Lipinski definition) is 4. The summed E-state index contributed by atoms with van der Waals surface area (Å²) in [5.74, 6) is 0.830. The Kier molecular flexibility index (Phi) is 4.36. The maximum absolute atomic E-state index is 13.1. The lowest BCUT2D eigenvalue weighted by Gasteiger charge is -2.24. The van der Waals surface area contributed by atoms with Crippen LogP contribution in [0.1, 0.15) is 51.6 Å². The largest absolute Gasteiger partial charge is 0.491 e. The average Bonchev–Trinajstić information content (AvgIpc) is 3.08. The zero-order valence-corrected chi connectivity index (χ0v) is 17.1. The van der Waals surface area contributed by atoms with E-state index in [1.807, 2.05) is 36.4 Å². The smallest absolute Gasteiger partial charge is 0.254 e. The molecule has 1 heterocycles. The number of hydrogen-bond donors (Lipinski definition) is 3. The van der Waals surface area contributed by atoms with Crippen molar-refractivity contribution < 1.29 is 19.4 Å². The minimum Gasteiger partial charge on any atom is -0.491 e. The van der Waals surface area contributed by atoms with Gasteiger partial charge in [-0.15, -0.1) is 0 Å². The standard InChI is InChI=1S/C24H26N2O4/c1-24(14-6-4-3-5-7-14)12-30-21-18(23(29)25-2)8-13(9-19(21)24)22(28)26-20-16-10-15(27)11-17(16)20/h3-9,15-17,20,27H,10-12H2,1-2H3,(H,25,29)(H,26,28)/t15-,16+,17-,20-,24?. The molecule has 2 amide bonds. The Morgan fingerprint density at radius 3 is 2.47 bits per heavy atom. The van der Waals surface area contributed by atoms with Gasteiger partial charge in [-0.3, -0.25) is 9.59 Å². The van der Waals surface area contributed by atoms with Crippen LogP contribution in [-0.4, -0.2) is 42.7 Å². The molecule has 2 aromatic rings. The monoisotopic (exact) mass is 406 g/mol. The van der Waals surface area contributed by atoms with Crippen molar-refractivity contribution in [2.24, 2.45) is 11.8 Å². The van der Waals surface area contributed by atoms with Crippen LogP contribution >= 0.6 is 0 Å². The van der Waals surface area contributed by atoms with Crippen LogP contribution in [0, 0.1) is 11.8 Å². The summed E-state index contributed by atoms with van der Waals surface area (Å²) in [4.78, 5) is 25.6. The van der Waals surface area contributed by atoms with Gasteiger partial charge in [0.2, 0.25) is 0 Å². The number of rotatable bonds is 4. The fraction of sp³-hybridized carbons (Fsp3) is 0.417. The minimum absolute atomic E-state index is 0.120. The fourth-order valence-electron chi connectivity index (χ4n) is 5.23. The van der Waals surface area contributed by atoms with Gasteiger partial charge in [-0.25, -0.2) is 0 Å². The van der Waals surface area contributed by atoms with E-state index in [1.54, 1.807) is 13.1 Å². The van der Waals surface area contributed by atoms with Gasteiger partial charge in [-0.1, -0.05) is 30.3 Å². The minimum atomic E-state index is -0.449. The maximum atomic E-state index is 13.1. The van der Waals surface area contributed by atoms with Crippen LogP contribution in [0.15, 0.2) is 42.5 Å². The number of aliphatic hydroxyl groups is 1. The first kappa shape index (κ1) is 19.1. The molecule has 2 fully saturated rings. The highest BCUT2D eigenvalue weighted by Gasteiger charge is 2.56. The molecule has 30 heavy (non-hydrogen) atoms. The van der Waals surface area contributed by atoms with Crippen LogP contribution in [0.25, 0.3) is 0 Å². The number of carbonyl (C=O) groups is 2. The molecule has 1 aliphatic heterocycles. The van der Waals surface area contributed by atoms with Crippen molar-refractivity contribution in [3.8, 4) is 5.75 Å². The SMILES string of the molecule is CNC(=O)c1cc(C(=O)N[C@H]2[C@@H]3C[C@H](O)C[C@@H]32)cc2c1OCC2(C)c1ccccc1. The molecule has 156 valence electrons. The summed E-state index contributed by atoms with van der Waals surface area (Å²) in [7, 11) is 1.57. The summed E-state index contributed by atoms with van der Waals surface area (Å²) in [6.07, 6.45) is 1.27. The van der Waals surface area contributed by atoms with Crippen molar-refractivity contribution in [2.75, 3.05) is 13.7 Å². The van der Waals surface area contributed by atoms with E-state index in [-0.39, 0.29) is 24.0 Å². The Hall–Kier alpha value is -2.86. The van der Waals surface area contributed by atoms with Crippen molar-refractivity contribution >= 4 is 11.8 Å². The Bertz CT molecular complexity index is 1010. The van der Waals surface area contributed by atoms with Crippen LogP contribution in [0.2, 0.25) is 0 Å². The Morgan fingerprint density at radius 2 is 1.80 bits per heavy atom. The molecule has 0 saturated heterocycles. The first-order valence-corrected chi connectivity index (χ1v) is 10.5. The number of carbonyl (C=O) groups excluding carboxylic acids is 2. The number of ether oxygens (including phenoxy) is 1. The normalized spacial score (nSPS) is 30.8. The molecule has 5 atom stereocenters. The van der Waals surface area contributed by atoms with Gasteiger partial charge in [0.1, 0.15) is 12.4 Å². The van der Waals surface area contributed by atoms with Gasteiger partial charge in [0.05, 0.1) is 17.1 Å². The summed E-state index contributed by atoms with van der Waals surface area (Å²) in [5, 5.41) is 15.5.